The predicted octanol–water partition coefficient (Wildman–Crippen LogP) is 0.864. The van der Waals surface area contributed by atoms with Crippen LogP contribution >= 0.6 is 0 Å². The van der Waals surface area contributed by atoms with Gasteiger partial charge < -0.3 is 10.1 Å². The van der Waals surface area contributed by atoms with E-state index >= 15 is 0 Å². The molecule has 1 atom stereocenters. The van der Waals surface area contributed by atoms with Crippen molar-refractivity contribution in [3.05, 3.63) is 0 Å². The fourth-order valence-electron chi connectivity index (χ4n) is 1.16. The molecule has 0 aromatic heterocycles. The number of nitrogens with one attached hydrogen (secondary N) is 2. The molecular formula is C10H23N3O4S. The zero-order valence-electron chi connectivity index (χ0n) is 11.4. The Kier molecular flexibility index (Phi) is 8.08. The van der Waals surface area contributed by atoms with E-state index in [1.54, 1.807) is 7.05 Å². The van der Waals surface area contributed by atoms with E-state index in [2.05, 4.69) is 10.1 Å². The first-order valence-electron chi connectivity index (χ1n) is 5.76. The Hall–Kier alpha value is -0.700. The van der Waals surface area contributed by atoms with Gasteiger partial charge in [-0.2, -0.15) is 0 Å². The van der Waals surface area contributed by atoms with Crippen LogP contribution in [0.25, 0.3) is 0 Å². The van der Waals surface area contributed by atoms with Crippen molar-refractivity contribution in [2.45, 2.75) is 39.2 Å². The van der Waals surface area contributed by atoms with Crippen LogP contribution in [0.2, 0.25) is 0 Å². The maximum absolute atomic E-state index is 11.3. The van der Waals surface area contributed by atoms with E-state index in [1.807, 2.05) is 20.8 Å². The van der Waals surface area contributed by atoms with Crippen LogP contribution in [-0.4, -0.2) is 45.6 Å². The molecule has 0 aromatic carbocycles. The van der Waals surface area contributed by atoms with Crippen LogP contribution in [0.3, 0.4) is 0 Å². The number of nitrogens with zero attached hydrogens (tertiary/aromatic N) is 1. The summed E-state index contributed by atoms with van der Waals surface area (Å²) in [5.41, 5.74) is -0.487. The summed E-state index contributed by atoms with van der Waals surface area (Å²) in [5, 5.41) is 4.18. The predicted molar refractivity (Wildman–Crippen MR) is 70.0 cm³/mol. The minimum atomic E-state index is -2.04. The van der Waals surface area contributed by atoms with E-state index < -0.39 is 23.0 Å². The molecule has 0 radical (unpaired) electrons. The Morgan fingerprint density at radius 1 is 1.39 bits per heavy atom. The van der Waals surface area contributed by atoms with Gasteiger partial charge in [0.2, 0.25) is 11.3 Å². The van der Waals surface area contributed by atoms with Crippen molar-refractivity contribution in [3.8, 4) is 0 Å². The molecule has 0 fully saturated rings. The molecule has 0 rings (SSSR count). The summed E-state index contributed by atoms with van der Waals surface area (Å²) in [6.45, 7) is 6.56. The lowest BCUT2D eigenvalue weighted by Crippen LogP contribution is -2.36. The Labute approximate surface area is 111 Å². The van der Waals surface area contributed by atoms with Gasteiger partial charge in [0.15, 0.2) is 0 Å². The van der Waals surface area contributed by atoms with Gasteiger partial charge in [0.1, 0.15) is 5.60 Å². The van der Waals surface area contributed by atoms with Gasteiger partial charge >= 0.3 is 6.09 Å². The maximum atomic E-state index is 11.3. The largest absolute Gasteiger partial charge is 0.444 e. The van der Waals surface area contributed by atoms with Gasteiger partial charge in [0.25, 0.3) is 0 Å². The minimum absolute atomic E-state index is 0.426. The third-order valence-electron chi connectivity index (χ3n) is 1.82. The van der Waals surface area contributed by atoms with Crippen LogP contribution in [0.4, 0.5) is 4.79 Å². The average Bonchev–Trinajstić information content (AvgIpc) is 2.12. The molecule has 18 heavy (non-hydrogen) atoms. The number of hydrazine groups is 1. The van der Waals surface area contributed by atoms with Crippen molar-refractivity contribution in [3.63, 3.8) is 0 Å². The van der Waals surface area contributed by atoms with Crippen LogP contribution in [0.1, 0.15) is 33.6 Å². The van der Waals surface area contributed by atoms with Crippen molar-refractivity contribution < 1.29 is 18.3 Å². The monoisotopic (exact) mass is 281 g/mol. The highest BCUT2D eigenvalue weighted by Gasteiger charge is 2.15. The zero-order valence-corrected chi connectivity index (χ0v) is 12.2. The Morgan fingerprint density at radius 2 is 2.00 bits per heavy atom. The van der Waals surface area contributed by atoms with E-state index in [-0.39, 0.29) is 0 Å². The number of unbranched alkanes of at least 4 members (excludes halogenated alkanes) is 1. The van der Waals surface area contributed by atoms with Gasteiger partial charge in [-0.3, -0.25) is 4.55 Å². The molecular weight excluding hydrogens is 258 g/mol. The maximum Gasteiger partial charge on any atom is 0.407 e. The number of carbonyl (C=O) groups excluding carboxylic acids is 1. The average molecular weight is 281 g/mol. The van der Waals surface area contributed by atoms with Crippen LogP contribution in [0.15, 0.2) is 0 Å². The first kappa shape index (κ1) is 17.3. The molecule has 0 aliphatic heterocycles. The third-order valence-corrected chi connectivity index (χ3v) is 2.29. The Morgan fingerprint density at radius 3 is 2.50 bits per heavy atom. The van der Waals surface area contributed by atoms with Gasteiger partial charge in [-0.1, -0.05) is 0 Å². The van der Waals surface area contributed by atoms with Crippen LogP contribution in [0, 0.1) is 0 Å². The quantitative estimate of drug-likeness (QED) is 0.366. The summed E-state index contributed by atoms with van der Waals surface area (Å²) >= 11 is -2.04. The Bertz CT molecular complexity index is 281. The molecule has 0 heterocycles. The molecule has 8 heteroatoms. The molecule has 0 aliphatic rings. The van der Waals surface area contributed by atoms with Crippen LogP contribution in [-0.2, 0) is 16.0 Å². The summed E-state index contributed by atoms with van der Waals surface area (Å²) in [6.07, 6.45) is 1.13. The van der Waals surface area contributed by atoms with E-state index in [0.717, 1.165) is 12.8 Å². The molecule has 0 saturated heterocycles. The summed E-state index contributed by atoms with van der Waals surface area (Å²) in [5.74, 6) is 0. The van der Waals surface area contributed by atoms with E-state index in [1.165, 1.54) is 5.01 Å². The zero-order chi connectivity index (χ0) is 14.2. The lowest BCUT2D eigenvalue weighted by molar-refractivity contribution is 0.0526. The van der Waals surface area contributed by atoms with E-state index in [0.29, 0.717) is 13.1 Å². The number of hydrogen-bond acceptors (Lipinski definition) is 4. The van der Waals surface area contributed by atoms with Gasteiger partial charge in [0, 0.05) is 20.1 Å². The SMILES string of the molecule is CN(CCCCNC(=O)OC(C)(C)C)NS(=O)O. The van der Waals surface area contributed by atoms with Crippen molar-refractivity contribution in [1.29, 1.82) is 0 Å². The molecule has 0 bridgehead atoms. The molecule has 1 amide bonds. The van der Waals surface area contributed by atoms with Gasteiger partial charge in [-0.05, 0) is 33.6 Å². The lowest BCUT2D eigenvalue weighted by Gasteiger charge is -2.19. The second-order valence-corrected chi connectivity index (χ2v) is 5.58. The lowest BCUT2D eigenvalue weighted by atomic mass is 10.2. The minimum Gasteiger partial charge on any atom is -0.444 e. The Balaban J connectivity index is 3.51. The van der Waals surface area contributed by atoms with Crippen molar-refractivity contribution in [1.82, 2.24) is 15.2 Å². The molecule has 0 aliphatic carbocycles. The first-order valence-corrected chi connectivity index (χ1v) is 6.86. The van der Waals surface area contributed by atoms with Crippen molar-refractivity contribution in [2.24, 2.45) is 0 Å². The highest BCUT2D eigenvalue weighted by molar-refractivity contribution is 7.77. The third kappa shape index (κ3) is 11.8. The van der Waals surface area contributed by atoms with Crippen LogP contribution < -0.4 is 10.1 Å². The highest BCUT2D eigenvalue weighted by atomic mass is 32.2. The molecule has 0 saturated carbocycles. The summed E-state index contributed by atoms with van der Waals surface area (Å²) < 4.78 is 24.0. The fourth-order valence-corrected chi connectivity index (χ4v) is 1.52. The van der Waals surface area contributed by atoms with E-state index in [4.69, 9.17) is 9.29 Å². The number of carbonyl (C=O) groups is 1. The number of ether oxygens (including phenoxy) is 1. The number of hydrogen-bond donors (Lipinski definition) is 3. The van der Waals surface area contributed by atoms with E-state index in [9.17, 15) is 9.00 Å². The summed E-state index contributed by atoms with van der Waals surface area (Å²) in [6, 6.07) is 0. The molecule has 0 aromatic rings. The molecule has 1 unspecified atom stereocenters. The fraction of sp³-hybridized carbons (Fsp3) is 0.900. The molecule has 0 spiro atoms. The first-order chi connectivity index (χ1) is 8.20. The van der Waals surface area contributed by atoms with Gasteiger partial charge in [0.05, 0.1) is 0 Å². The number of amides is 1. The second-order valence-electron chi connectivity index (χ2n) is 4.90. The van der Waals surface area contributed by atoms with Gasteiger partial charge in [-0.15, -0.1) is 4.83 Å². The second kappa shape index (κ2) is 8.41. The summed E-state index contributed by atoms with van der Waals surface area (Å²) in [4.78, 5) is 13.6. The highest BCUT2D eigenvalue weighted by Crippen LogP contribution is 2.06. The van der Waals surface area contributed by atoms with Crippen LogP contribution in [0.5, 0.6) is 0 Å². The van der Waals surface area contributed by atoms with Crippen molar-refractivity contribution in [2.75, 3.05) is 20.1 Å². The molecule has 108 valence electrons. The smallest absolute Gasteiger partial charge is 0.407 e. The standard InChI is InChI=1S/C10H23N3O4S/c1-10(2,3)17-9(14)11-7-5-6-8-13(4)12-18(15)16/h12H,5-8H2,1-4H3,(H,11,14)(H,15,16). The number of rotatable bonds is 7. The molecule has 3 N–H and O–H groups in total. The topological polar surface area (TPSA) is 90.9 Å². The number of alkyl carbamates (subject to hydrolysis) is 1. The summed E-state index contributed by atoms with van der Waals surface area (Å²) in [7, 11) is 1.68. The van der Waals surface area contributed by atoms with Gasteiger partial charge in [-0.25, -0.2) is 14.0 Å². The molecule has 7 nitrogen and oxygen atoms in total. The normalized spacial score (nSPS) is 13.4. The van der Waals surface area contributed by atoms with Crippen molar-refractivity contribution >= 4 is 17.4 Å².